The second kappa shape index (κ2) is 11.7. The lowest BCUT2D eigenvalue weighted by molar-refractivity contribution is -0.140. The van der Waals surface area contributed by atoms with Crippen LogP contribution in [-0.4, -0.2) is 45.3 Å². The van der Waals surface area contributed by atoms with Gasteiger partial charge in [-0.15, -0.1) is 0 Å². The van der Waals surface area contributed by atoms with Crippen molar-refractivity contribution in [2.24, 2.45) is 11.3 Å². The van der Waals surface area contributed by atoms with Gasteiger partial charge >= 0.3 is 0 Å². The molecule has 0 aliphatic heterocycles. The van der Waals surface area contributed by atoms with Crippen LogP contribution in [0.1, 0.15) is 51.5 Å². The van der Waals surface area contributed by atoms with E-state index in [1.807, 2.05) is 55.7 Å². The van der Waals surface area contributed by atoms with E-state index in [9.17, 15) is 23.1 Å². The van der Waals surface area contributed by atoms with E-state index < -0.39 is 42.3 Å². The highest BCUT2D eigenvalue weighted by Gasteiger charge is 2.38. The molecule has 1 heterocycles. The summed E-state index contributed by atoms with van der Waals surface area (Å²) in [6.45, 7) is 6.96. The normalized spacial score (nSPS) is 13.4. The summed E-state index contributed by atoms with van der Waals surface area (Å²) in [6.07, 6.45) is 2.06. The Morgan fingerprint density at radius 3 is 2.44 bits per heavy atom. The highest BCUT2D eigenvalue weighted by Crippen LogP contribution is 2.39. The predicted molar refractivity (Wildman–Crippen MR) is 134 cm³/mol. The molecule has 194 valence electrons. The third kappa shape index (κ3) is 6.55. The fourth-order valence-electron chi connectivity index (χ4n) is 4.30. The van der Waals surface area contributed by atoms with E-state index in [2.05, 4.69) is 0 Å². The molecule has 0 fully saturated rings. The standard InChI is InChI=1S/C28H34F3N3O2/c1-19(15-29)12-13-34(25(36)18-35)26(28(2,3)4)27-32-24(22-14-21(30)10-11-23(22)31)17-33(27)16-20-8-6-5-7-9-20/h5-11,14,17,19,26,35H,12-13,15-16,18H2,1-4H3/t19-,26-/m0/s1. The number of aliphatic hydroxyl groups is 1. The van der Waals surface area contributed by atoms with Crippen LogP contribution in [0.2, 0.25) is 0 Å². The van der Waals surface area contributed by atoms with Crippen molar-refractivity contribution >= 4 is 5.91 Å². The molecule has 0 saturated carbocycles. The molecule has 2 atom stereocenters. The first-order valence-corrected chi connectivity index (χ1v) is 12.1. The van der Waals surface area contributed by atoms with Crippen LogP contribution < -0.4 is 0 Å². The Morgan fingerprint density at radius 2 is 1.83 bits per heavy atom. The molecule has 0 aliphatic carbocycles. The molecule has 3 aromatic rings. The van der Waals surface area contributed by atoms with Crippen molar-refractivity contribution in [1.82, 2.24) is 14.5 Å². The number of benzene rings is 2. The fourth-order valence-corrected chi connectivity index (χ4v) is 4.30. The SMILES string of the molecule is C[C@H](CF)CCN(C(=O)CO)[C@@H](c1nc(-c2cc(F)ccc2F)cn1Cc1ccccc1)C(C)(C)C. The molecular weight excluding hydrogens is 467 g/mol. The van der Waals surface area contributed by atoms with E-state index in [1.165, 1.54) is 4.90 Å². The molecule has 36 heavy (non-hydrogen) atoms. The third-order valence-electron chi connectivity index (χ3n) is 6.17. The van der Waals surface area contributed by atoms with Crippen LogP contribution in [0.25, 0.3) is 11.3 Å². The topological polar surface area (TPSA) is 58.4 Å². The molecule has 3 rings (SSSR count). The molecule has 1 aromatic heterocycles. The summed E-state index contributed by atoms with van der Waals surface area (Å²) in [5.74, 6) is -1.50. The van der Waals surface area contributed by atoms with Crippen molar-refractivity contribution in [3.63, 3.8) is 0 Å². The van der Waals surface area contributed by atoms with E-state index in [1.54, 1.807) is 13.1 Å². The molecule has 0 bridgehead atoms. The largest absolute Gasteiger partial charge is 0.387 e. The molecule has 0 spiro atoms. The number of amides is 1. The predicted octanol–water partition coefficient (Wildman–Crippen LogP) is 5.78. The molecule has 8 heteroatoms. The summed E-state index contributed by atoms with van der Waals surface area (Å²) in [7, 11) is 0. The van der Waals surface area contributed by atoms with Gasteiger partial charge in [0.05, 0.1) is 18.4 Å². The van der Waals surface area contributed by atoms with Crippen LogP contribution in [0.3, 0.4) is 0 Å². The van der Waals surface area contributed by atoms with Crippen LogP contribution in [0.4, 0.5) is 13.2 Å². The highest BCUT2D eigenvalue weighted by molar-refractivity contribution is 5.77. The number of carbonyl (C=O) groups excluding carboxylic acids is 1. The zero-order chi connectivity index (χ0) is 26.5. The monoisotopic (exact) mass is 501 g/mol. The van der Waals surface area contributed by atoms with Gasteiger partial charge < -0.3 is 14.6 Å². The molecule has 0 saturated heterocycles. The summed E-state index contributed by atoms with van der Waals surface area (Å²) in [6, 6.07) is 12.2. The van der Waals surface area contributed by atoms with Gasteiger partial charge in [0.1, 0.15) is 24.1 Å². The van der Waals surface area contributed by atoms with E-state index in [0.29, 0.717) is 18.8 Å². The molecule has 2 aromatic carbocycles. The van der Waals surface area contributed by atoms with Crippen molar-refractivity contribution < 1.29 is 23.1 Å². The second-order valence-corrected chi connectivity index (χ2v) is 10.3. The van der Waals surface area contributed by atoms with Gasteiger partial charge in [0, 0.05) is 24.8 Å². The number of imidazole rings is 1. The minimum absolute atomic E-state index is 0.0156. The minimum atomic E-state index is -0.707. The van der Waals surface area contributed by atoms with Gasteiger partial charge in [-0.3, -0.25) is 9.18 Å². The molecule has 0 unspecified atom stereocenters. The van der Waals surface area contributed by atoms with Crippen molar-refractivity contribution in [1.29, 1.82) is 0 Å². The number of hydrogen-bond acceptors (Lipinski definition) is 3. The van der Waals surface area contributed by atoms with Crippen LogP contribution in [-0.2, 0) is 11.3 Å². The first-order valence-electron chi connectivity index (χ1n) is 12.1. The Balaban J connectivity index is 2.18. The number of nitrogens with zero attached hydrogens (tertiary/aromatic N) is 3. The van der Waals surface area contributed by atoms with Crippen molar-refractivity contribution in [2.75, 3.05) is 19.8 Å². The Kier molecular flexibility index (Phi) is 8.95. The molecular formula is C28H34F3N3O2. The average Bonchev–Trinajstić information content (AvgIpc) is 3.24. The summed E-state index contributed by atoms with van der Waals surface area (Å²) in [5.41, 5.74) is 0.657. The Hall–Kier alpha value is -3.13. The van der Waals surface area contributed by atoms with E-state index in [-0.39, 0.29) is 23.7 Å². The Morgan fingerprint density at radius 1 is 1.14 bits per heavy atom. The highest BCUT2D eigenvalue weighted by atomic mass is 19.1. The lowest BCUT2D eigenvalue weighted by Crippen LogP contribution is -2.44. The maximum Gasteiger partial charge on any atom is 0.248 e. The van der Waals surface area contributed by atoms with Crippen LogP contribution in [0.5, 0.6) is 0 Å². The Bertz CT molecular complexity index is 1160. The molecule has 0 aliphatic rings. The minimum Gasteiger partial charge on any atom is -0.387 e. The van der Waals surface area contributed by atoms with Crippen LogP contribution >= 0.6 is 0 Å². The van der Waals surface area contributed by atoms with Crippen molar-refractivity contribution in [3.05, 3.63) is 77.8 Å². The molecule has 1 N–H and O–H groups in total. The van der Waals surface area contributed by atoms with Gasteiger partial charge in [0.2, 0.25) is 5.91 Å². The number of hydrogen-bond donors (Lipinski definition) is 1. The van der Waals surface area contributed by atoms with Gasteiger partial charge in [-0.25, -0.2) is 13.8 Å². The van der Waals surface area contributed by atoms with Gasteiger partial charge in [0.25, 0.3) is 0 Å². The van der Waals surface area contributed by atoms with E-state index >= 15 is 0 Å². The second-order valence-electron chi connectivity index (χ2n) is 10.3. The average molecular weight is 502 g/mol. The summed E-state index contributed by atoms with van der Waals surface area (Å²) >= 11 is 0. The van der Waals surface area contributed by atoms with Crippen LogP contribution in [0, 0.1) is 23.0 Å². The molecule has 0 radical (unpaired) electrons. The lowest BCUT2D eigenvalue weighted by Gasteiger charge is -2.40. The quantitative estimate of drug-likeness (QED) is 0.383. The zero-order valence-electron chi connectivity index (χ0n) is 21.2. The van der Waals surface area contributed by atoms with E-state index in [4.69, 9.17) is 4.98 Å². The van der Waals surface area contributed by atoms with Crippen molar-refractivity contribution in [2.45, 2.75) is 46.7 Å². The Labute approximate surface area is 210 Å². The number of aromatic nitrogens is 2. The first-order chi connectivity index (χ1) is 17.0. The van der Waals surface area contributed by atoms with E-state index in [0.717, 1.165) is 23.8 Å². The van der Waals surface area contributed by atoms with Gasteiger partial charge in [-0.2, -0.15) is 0 Å². The summed E-state index contributed by atoms with van der Waals surface area (Å²) in [5, 5.41) is 9.76. The number of alkyl halides is 1. The number of aliphatic hydroxyl groups excluding tert-OH is 1. The van der Waals surface area contributed by atoms with Crippen LogP contribution in [0.15, 0.2) is 54.7 Å². The zero-order valence-corrected chi connectivity index (χ0v) is 21.2. The smallest absolute Gasteiger partial charge is 0.248 e. The summed E-state index contributed by atoms with van der Waals surface area (Å²) in [4.78, 5) is 19.2. The number of rotatable bonds is 10. The number of carbonyl (C=O) groups is 1. The van der Waals surface area contributed by atoms with Gasteiger partial charge in [0.15, 0.2) is 0 Å². The maximum absolute atomic E-state index is 14.7. The molecule has 1 amide bonds. The van der Waals surface area contributed by atoms with Crippen molar-refractivity contribution in [3.8, 4) is 11.3 Å². The third-order valence-corrected chi connectivity index (χ3v) is 6.17. The fraction of sp³-hybridized carbons (Fsp3) is 0.429. The van der Waals surface area contributed by atoms with Gasteiger partial charge in [-0.05, 0) is 41.5 Å². The maximum atomic E-state index is 14.7. The summed E-state index contributed by atoms with van der Waals surface area (Å²) < 4.78 is 43.8. The first kappa shape index (κ1) is 27.5. The molecule has 5 nitrogen and oxygen atoms in total. The lowest BCUT2D eigenvalue weighted by atomic mass is 9.84. The number of halogens is 3. The van der Waals surface area contributed by atoms with Gasteiger partial charge in [-0.1, -0.05) is 58.0 Å².